The van der Waals surface area contributed by atoms with Crippen molar-refractivity contribution in [2.75, 3.05) is 13.1 Å². The fourth-order valence-electron chi connectivity index (χ4n) is 4.39. The van der Waals surface area contributed by atoms with Gasteiger partial charge in [0.25, 0.3) is 0 Å². The van der Waals surface area contributed by atoms with Gasteiger partial charge < -0.3 is 15.7 Å². The predicted molar refractivity (Wildman–Crippen MR) is 110 cm³/mol. The highest BCUT2D eigenvalue weighted by Crippen LogP contribution is 2.32. The lowest BCUT2D eigenvalue weighted by atomic mass is 9.84. The van der Waals surface area contributed by atoms with Gasteiger partial charge in [0.1, 0.15) is 0 Å². The number of urea groups is 1. The standard InChI is InChI=1S/C22H33N3O3/c1-4-25(13-21(26)27)18-11-17(12-18)23-22(28)24-20-7-5-6-15-8-9-16(14(2)3)10-19(15)20/h8-10,14,17-18,20H,4-7,11-13H2,1-3H3,(H,26,27)(H2,23,24,28)/t17?,18?,20-/m1/s1. The number of nitrogens with zero attached hydrogens (tertiary/aromatic N) is 1. The van der Waals surface area contributed by atoms with E-state index in [-0.39, 0.29) is 30.7 Å². The van der Waals surface area contributed by atoms with Crippen molar-refractivity contribution in [1.82, 2.24) is 15.5 Å². The van der Waals surface area contributed by atoms with Crippen LogP contribution in [0.5, 0.6) is 0 Å². The van der Waals surface area contributed by atoms with Crippen molar-refractivity contribution in [2.45, 2.75) is 76.9 Å². The number of fused-ring (bicyclic) bond motifs is 1. The number of rotatable bonds is 7. The van der Waals surface area contributed by atoms with Gasteiger partial charge in [-0.1, -0.05) is 39.0 Å². The zero-order valence-corrected chi connectivity index (χ0v) is 17.2. The number of hydrogen-bond acceptors (Lipinski definition) is 3. The first-order valence-corrected chi connectivity index (χ1v) is 10.5. The van der Waals surface area contributed by atoms with Crippen LogP contribution in [0.3, 0.4) is 0 Å². The van der Waals surface area contributed by atoms with Crippen LogP contribution in [-0.2, 0) is 11.2 Å². The average molecular weight is 388 g/mol. The highest BCUT2D eigenvalue weighted by atomic mass is 16.4. The van der Waals surface area contributed by atoms with Crippen LogP contribution in [0.1, 0.15) is 75.1 Å². The molecule has 0 aromatic heterocycles. The van der Waals surface area contributed by atoms with Crippen molar-refractivity contribution >= 4 is 12.0 Å². The highest BCUT2D eigenvalue weighted by Gasteiger charge is 2.35. The molecule has 0 aliphatic heterocycles. The SMILES string of the molecule is CCN(CC(=O)O)C1CC(NC(=O)N[C@@H]2CCCc3ccc(C(C)C)cc32)C1. The van der Waals surface area contributed by atoms with E-state index in [9.17, 15) is 9.59 Å². The number of nitrogens with one attached hydrogen (secondary N) is 2. The third-order valence-electron chi connectivity index (χ3n) is 6.17. The molecule has 0 heterocycles. The molecular weight excluding hydrogens is 354 g/mol. The maximum absolute atomic E-state index is 12.5. The number of aryl methyl sites for hydroxylation is 1. The van der Waals surface area contributed by atoms with Crippen molar-refractivity contribution in [1.29, 1.82) is 0 Å². The van der Waals surface area contributed by atoms with Gasteiger partial charge in [0, 0.05) is 12.1 Å². The van der Waals surface area contributed by atoms with Crippen molar-refractivity contribution in [2.24, 2.45) is 0 Å². The Hall–Kier alpha value is -2.08. The Labute approximate surface area is 167 Å². The first kappa shape index (κ1) is 20.6. The maximum Gasteiger partial charge on any atom is 0.317 e. The zero-order valence-electron chi connectivity index (χ0n) is 17.2. The topological polar surface area (TPSA) is 81.7 Å². The summed E-state index contributed by atoms with van der Waals surface area (Å²) in [6.07, 6.45) is 4.76. The Morgan fingerprint density at radius 2 is 2.00 bits per heavy atom. The average Bonchev–Trinajstić information content (AvgIpc) is 2.62. The highest BCUT2D eigenvalue weighted by molar-refractivity contribution is 5.75. The van der Waals surface area contributed by atoms with Gasteiger partial charge in [-0.05, 0) is 61.3 Å². The third kappa shape index (κ3) is 4.85. The quantitative estimate of drug-likeness (QED) is 0.669. The molecule has 2 amide bonds. The van der Waals surface area contributed by atoms with Gasteiger partial charge >= 0.3 is 12.0 Å². The van der Waals surface area contributed by atoms with Gasteiger partial charge in [0.05, 0.1) is 12.6 Å². The van der Waals surface area contributed by atoms with E-state index in [4.69, 9.17) is 5.11 Å². The molecule has 2 aliphatic carbocycles. The van der Waals surface area contributed by atoms with Gasteiger partial charge in [0.2, 0.25) is 0 Å². The minimum Gasteiger partial charge on any atom is -0.480 e. The van der Waals surface area contributed by atoms with Crippen LogP contribution in [0.15, 0.2) is 18.2 Å². The Morgan fingerprint density at radius 1 is 1.25 bits per heavy atom. The Morgan fingerprint density at radius 3 is 2.64 bits per heavy atom. The molecule has 2 aliphatic rings. The van der Waals surface area contributed by atoms with Crippen molar-refractivity contribution in [3.63, 3.8) is 0 Å². The van der Waals surface area contributed by atoms with Crippen molar-refractivity contribution in [3.05, 3.63) is 34.9 Å². The maximum atomic E-state index is 12.5. The van der Waals surface area contributed by atoms with Gasteiger partial charge in [-0.3, -0.25) is 9.69 Å². The number of amides is 2. The number of carboxylic acids is 1. The van der Waals surface area contributed by atoms with Gasteiger partial charge in [0.15, 0.2) is 0 Å². The van der Waals surface area contributed by atoms with E-state index in [0.29, 0.717) is 12.5 Å². The number of carboxylic acid groups (broad SMARTS) is 1. The molecule has 154 valence electrons. The molecule has 3 rings (SSSR count). The Bertz CT molecular complexity index is 713. The molecule has 0 unspecified atom stereocenters. The zero-order chi connectivity index (χ0) is 20.3. The molecule has 1 aromatic rings. The fraction of sp³-hybridized carbons (Fsp3) is 0.636. The smallest absolute Gasteiger partial charge is 0.317 e. The lowest BCUT2D eigenvalue weighted by Crippen LogP contribution is -2.56. The molecule has 0 saturated heterocycles. The molecule has 0 spiro atoms. The summed E-state index contributed by atoms with van der Waals surface area (Å²) in [5.41, 5.74) is 3.92. The van der Waals surface area contributed by atoms with Crippen LogP contribution >= 0.6 is 0 Å². The Kier molecular flexibility index (Phi) is 6.60. The van der Waals surface area contributed by atoms with Crippen LogP contribution in [0.25, 0.3) is 0 Å². The molecule has 1 fully saturated rings. The summed E-state index contributed by atoms with van der Waals surface area (Å²) in [5, 5.41) is 15.2. The molecule has 1 aromatic carbocycles. The number of benzene rings is 1. The Balaban J connectivity index is 1.53. The second-order valence-corrected chi connectivity index (χ2v) is 8.45. The van der Waals surface area contributed by atoms with Crippen LogP contribution in [0.4, 0.5) is 4.79 Å². The molecular formula is C22H33N3O3. The first-order chi connectivity index (χ1) is 13.4. The summed E-state index contributed by atoms with van der Waals surface area (Å²) >= 11 is 0. The summed E-state index contributed by atoms with van der Waals surface area (Å²) in [5.74, 6) is -0.325. The summed E-state index contributed by atoms with van der Waals surface area (Å²) in [7, 11) is 0. The lowest BCUT2D eigenvalue weighted by molar-refractivity contribution is -0.139. The molecule has 1 atom stereocenters. The number of carbonyl (C=O) groups excluding carboxylic acids is 1. The number of hydrogen-bond donors (Lipinski definition) is 3. The van der Waals surface area contributed by atoms with Crippen LogP contribution < -0.4 is 10.6 Å². The summed E-state index contributed by atoms with van der Waals surface area (Å²) < 4.78 is 0. The predicted octanol–water partition coefficient (Wildman–Crippen LogP) is 3.42. The van der Waals surface area contributed by atoms with E-state index in [1.807, 2.05) is 11.8 Å². The van der Waals surface area contributed by atoms with Crippen LogP contribution in [-0.4, -0.2) is 47.2 Å². The number of likely N-dealkylation sites (N-methyl/N-ethyl adjacent to an activating group) is 1. The third-order valence-corrected chi connectivity index (χ3v) is 6.17. The van der Waals surface area contributed by atoms with Crippen molar-refractivity contribution < 1.29 is 14.7 Å². The van der Waals surface area contributed by atoms with Crippen LogP contribution in [0, 0.1) is 0 Å². The lowest BCUT2D eigenvalue weighted by Gasteiger charge is -2.42. The molecule has 28 heavy (non-hydrogen) atoms. The monoisotopic (exact) mass is 387 g/mol. The molecule has 0 radical (unpaired) electrons. The number of carbonyl (C=O) groups is 2. The van der Waals surface area contributed by atoms with Gasteiger partial charge in [-0.15, -0.1) is 0 Å². The summed E-state index contributed by atoms with van der Waals surface area (Å²) in [6, 6.07) is 7.00. The molecule has 1 saturated carbocycles. The van der Waals surface area contributed by atoms with E-state index in [2.05, 4.69) is 42.7 Å². The minimum atomic E-state index is -0.798. The molecule has 6 nitrogen and oxygen atoms in total. The van der Waals surface area contributed by atoms with E-state index < -0.39 is 5.97 Å². The van der Waals surface area contributed by atoms with E-state index in [0.717, 1.165) is 32.1 Å². The van der Waals surface area contributed by atoms with Gasteiger partial charge in [-0.2, -0.15) is 0 Å². The largest absolute Gasteiger partial charge is 0.480 e. The van der Waals surface area contributed by atoms with E-state index in [1.165, 1.54) is 16.7 Å². The second-order valence-electron chi connectivity index (χ2n) is 8.45. The van der Waals surface area contributed by atoms with Gasteiger partial charge in [-0.25, -0.2) is 4.79 Å². The summed E-state index contributed by atoms with van der Waals surface area (Å²) in [4.78, 5) is 25.4. The molecule has 0 bridgehead atoms. The van der Waals surface area contributed by atoms with E-state index in [1.54, 1.807) is 0 Å². The summed E-state index contributed by atoms with van der Waals surface area (Å²) in [6.45, 7) is 7.14. The van der Waals surface area contributed by atoms with Crippen molar-refractivity contribution in [3.8, 4) is 0 Å². The van der Waals surface area contributed by atoms with E-state index >= 15 is 0 Å². The second kappa shape index (κ2) is 8.95. The van der Waals surface area contributed by atoms with Crippen LogP contribution in [0.2, 0.25) is 0 Å². The normalized spacial score (nSPS) is 23.8. The number of aliphatic carboxylic acids is 1. The molecule has 3 N–H and O–H groups in total. The minimum absolute atomic E-state index is 0.0666. The fourth-order valence-corrected chi connectivity index (χ4v) is 4.39. The molecule has 6 heteroatoms. The first-order valence-electron chi connectivity index (χ1n) is 10.5.